The van der Waals surface area contributed by atoms with Crippen molar-refractivity contribution in [2.24, 2.45) is 0 Å². The van der Waals surface area contributed by atoms with Crippen molar-refractivity contribution in [2.45, 2.75) is 11.3 Å². The average molecular weight is 217 g/mol. The highest BCUT2D eigenvalue weighted by atomic mass is 35.5. The van der Waals surface area contributed by atoms with Crippen molar-refractivity contribution >= 4 is 23.4 Å². The van der Waals surface area contributed by atoms with Crippen molar-refractivity contribution in [3.8, 4) is 5.75 Å². The first-order valence-corrected chi connectivity index (χ1v) is 5.95. The van der Waals surface area contributed by atoms with Crippen LogP contribution in [0, 0.1) is 0 Å². The molecule has 1 nitrogen and oxygen atoms in total. The van der Waals surface area contributed by atoms with Gasteiger partial charge in [0.25, 0.3) is 0 Å². The molecule has 72 valence electrons. The lowest BCUT2D eigenvalue weighted by Crippen LogP contribution is -1.97. The molecule has 1 aromatic carbocycles. The third kappa shape index (κ3) is 3.92. The predicted octanol–water partition coefficient (Wildman–Crippen LogP) is 3.42. The SMILES string of the molecule is CSc1ccc(OCCCCl)cc1. The summed E-state index contributed by atoms with van der Waals surface area (Å²) >= 11 is 7.26. The topological polar surface area (TPSA) is 9.23 Å². The number of benzene rings is 1. The lowest BCUT2D eigenvalue weighted by atomic mass is 10.3. The number of ether oxygens (including phenoxy) is 1. The fourth-order valence-electron chi connectivity index (χ4n) is 0.917. The van der Waals surface area contributed by atoms with Crippen LogP contribution in [-0.2, 0) is 0 Å². The van der Waals surface area contributed by atoms with Gasteiger partial charge in [0.15, 0.2) is 0 Å². The van der Waals surface area contributed by atoms with E-state index >= 15 is 0 Å². The van der Waals surface area contributed by atoms with Crippen LogP contribution in [0.25, 0.3) is 0 Å². The van der Waals surface area contributed by atoms with Gasteiger partial charge in [0, 0.05) is 10.8 Å². The molecule has 0 aromatic heterocycles. The molecule has 0 spiro atoms. The predicted molar refractivity (Wildman–Crippen MR) is 59.1 cm³/mol. The minimum Gasteiger partial charge on any atom is -0.494 e. The van der Waals surface area contributed by atoms with E-state index in [-0.39, 0.29) is 0 Å². The molecule has 0 N–H and O–H groups in total. The Morgan fingerprint density at radius 1 is 1.31 bits per heavy atom. The average Bonchev–Trinajstić information content (AvgIpc) is 2.19. The van der Waals surface area contributed by atoms with Crippen LogP contribution < -0.4 is 4.74 Å². The van der Waals surface area contributed by atoms with Crippen LogP contribution in [0.1, 0.15) is 6.42 Å². The van der Waals surface area contributed by atoms with Crippen molar-refractivity contribution in [1.29, 1.82) is 0 Å². The maximum Gasteiger partial charge on any atom is 0.119 e. The van der Waals surface area contributed by atoms with E-state index in [9.17, 15) is 0 Å². The zero-order valence-electron chi connectivity index (χ0n) is 7.63. The summed E-state index contributed by atoms with van der Waals surface area (Å²) in [6.45, 7) is 0.697. The van der Waals surface area contributed by atoms with Gasteiger partial charge in [-0.1, -0.05) is 0 Å². The molecule has 0 bridgehead atoms. The molecular formula is C10H13ClOS. The van der Waals surface area contributed by atoms with Crippen molar-refractivity contribution in [1.82, 2.24) is 0 Å². The zero-order valence-corrected chi connectivity index (χ0v) is 9.20. The van der Waals surface area contributed by atoms with Gasteiger partial charge in [-0.25, -0.2) is 0 Å². The molecule has 3 heteroatoms. The van der Waals surface area contributed by atoms with Crippen LogP contribution in [0.3, 0.4) is 0 Å². The van der Waals surface area contributed by atoms with E-state index in [1.807, 2.05) is 12.1 Å². The van der Waals surface area contributed by atoms with Crippen LogP contribution in [0.4, 0.5) is 0 Å². The molecule has 0 heterocycles. The summed E-state index contributed by atoms with van der Waals surface area (Å²) in [5.41, 5.74) is 0. The summed E-state index contributed by atoms with van der Waals surface area (Å²) in [6.07, 6.45) is 2.95. The van der Waals surface area contributed by atoms with Gasteiger partial charge in [0.2, 0.25) is 0 Å². The number of halogens is 1. The van der Waals surface area contributed by atoms with E-state index in [4.69, 9.17) is 16.3 Å². The van der Waals surface area contributed by atoms with Gasteiger partial charge in [-0.2, -0.15) is 0 Å². The molecule has 0 radical (unpaired) electrons. The molecule has 0 aliphatic rings. The second-order valence-corrected chi connectivity index (χ2v) is 3.82. The van der Waals surface area contributed by atoms with Gasteiger partial charge in [-0.15, -0.1) is 23.4 Å². The smallest absolute Gasteiger partial charge is 0.119 e. The Morgan fingerprint density at radius 2 is 2.00 bits per heavy atom. The highest BCUT2D eigenvalue weighted by Gasteiger charge is 1.93. The number of hydrogen-bond donors (Lipinski definition) is 0. The largest absolute Gasteiger partial charge is 0.494 e. The summed E-state index contributed by atoms with van der Waals surface area (Å²) in [4.78, 5) is 1.25. The monoisotopic (exact) mass is 216 g/mol. The van der Waals surface area contributed by atoms with E-state index in [1.54, 1.807) is 11.8 Å². The Labute approximate surface area is 88.4 Å². The van der Waals surface area contributed by atoms with E-state index in [0.717, 1.165) is 12.2 Å². The Balaban J connectivity index is 2.40. The van der Waals surface area contributed by atoms with Crippen molar-refractivity contribution in [3.63, 3.8) is 0 Å². The minimum absolute atomic E-state index is 0.656. The highest BCUT2D eigenvalue weighted by molar-refractivity contribution is 7.98. The first kappa shape index (κ1) is 10.7. The molecular weight excluding hydrogens is 204 g/mol. The highest BCUT2D eigenvalue weighted by Crippen LogP contribution is 2.18. The number of thioether (sulfide) groups is 1. The molecule has 0 fully saturated rings. The normalized spacial score (nSPS) is 10.0. The zero-order chi connectivity index (χ0) is 9.52. The maximum atomic E-state index is 5.53. The van der Waals surface area contributed by atoms with Gasteiger partial charge in [-0.05, 0) is 36.9 Å². The van der Waals surface area contributed by atoms with E-state index in [2.05, 4.69) is 18.4 Å². The molecule has 0 aliphatic heterocycles. The molecule has 0 unspecified atom stereocenters. The molecule has 0 saturated carbocycles. The summed E-state index contributed by atoms with van der Waals surface area (Å²) < 4.78 is 5.45. The van der Waals surface area contributed by atoms with Crippen LogP contribution in [0.2, 0.25) is 0 Å². The first-order chi connectivity index (χ1) is 6.36. The third-order valence-electron chi connectivity index (χ3n) is 1.61. The third-order valence-corrected chi connectivity index (χ3v) is 2.62. The second-order valence-electron chi connectivity index (χ2n) is 2.57. The van der Waals surface area contributed by atoms with Crippen LogP contribution in [0.15, 0.2) is 29.2 Å². The number of hydrogen-bond acceptors (Lipinski definition) is 2. The van der Waals surface area contributed by atoms with Crippen molar-refractivity contribution in [3.05, 3.63) is 24.3 Å². The Hall–Kier alpha value is -0.340. The molecule has 0 amide bonds. The van der Waals surface area contributed by atoms with Gasteiger partial charge in [-0.3, -0.25) is 0 Å². The van der Waals surface area contributed by atoms with Crippen LogP contribution in [-0.4, -0.2) is 18.7 Å². The number of rotatable bonds is 5. The fraction of sp³-hybridized carbons (Fsp3) is 0.400. The number of alkyl halides is 1. The molecule has 0 saturated heterocycles. The molecule has 1 aromatic rings. The Bertz CT molecular complexity index is 235. The molecule has 13 heavy (non-hydrogen) atoms. The van der Waals surface area contributed by atoms with E-state index in [1.165, 1.54) is 4.90 Å². The van der Waals surface area contributed by atoms with Gasteiger partial charge >= 0.3 is 0 Å². The Kier molecular flexibility index (Phi) is 5.09. The Morgan fingerprint density at radius 3 is 2.54 bits per heavy atom. The summed E-state index contributed by atoms with van der Waals surface area (Å²) in [5.74, 6) is 1.58. The lowest BCUT2D eigenvalue weighted by molar-refractivity contribution is 0.318. The summed E-state index contributed by atoms with van der Waals surface area (Å²) in [5, 5.41) is 0. The van der Waals surface area contributed by atoms with Crippen LogP contribution in [0.5, 0.6) is 5.75 Å². The van der Waals surface area contributed by atoms with Crippen molar-refractivity contribution in [2.75, 3.05) is 18.7 Å². The lowest BCUT2D eigenvalue weighted by Gasteiger charge is -2.04. The van der Waals surface area contributed by atoms with E-state index < -0.39 is 0 Å². The molecule has 1 rings (SSSR count). The van der Waals surface area contributed by atoms with E-state index in [0.29, 0.717) is 12.5 Å². The van der Waals surface area contributed by atoms with Gasteiger partial charge < -0.3 is 4.74 Å². The summed E-state index contributed by atoms with van der Waals surface area (Å²) in [6, 6.07) is 8.08. The minimum atomic E-state index is 0.656. The maximum absolute atomic E-state index is 5.53. The first-order valence-electron chi connectivity index (χ1n) is 4.19. The van der Waals surface area contributed by atoms with Crippen LogP contribution >= 0.6 is 23.4 Å². The molecule has 0 aliphatic carbocycles. The van der Waals surface area contributed by atoms with Crippen molar-refractivity contribution < 1.29 is 4.74 Å². The van der Waals surface area contributed by atoms with Gasteiger partial charge in [0.05, 0.1) is 6.61 Å². The fourth-order valence-corrected chi connectivity index (χ4v) is 1.43. The second kappa shape index (κ2) is 6.17. The summed E-state index contributed by atoms with van der Waals surface area (Å²) in [7, 11) is 0. The standard InChI is InChI=1S/C10H13ClOS/c1-13-10-5-3-9(4-6-10)12-8-2-7-11/h3-6H,2,7-8H2,1H3. The quantitative estimate of drug-likeness (QED) is 0.424. The van der Waals surface area contributed by atoms with Gasteiger partial charge in [0.1, 0.15) is 5.75 Å². The molecule has 0 atom stereocenters.